The predicted octanol–water partition coefficient (Wildman–Crippen LogP) is 4.17. The van der Waals surface area contributed by atoms with Gasteiger partial charge in [-0.15, -0.1) is 0 Å². The van der Waals surface area contributed by atoms with Gasteiger partial charge in [0.25, 0.3) is 11.1 Å². The number of carbonyl (C=O) groups is 3. The number of ether oxygens (including phenoxy) is 2. The highest BCUT2D eigenvalue weighted by atomic mass is 32.2. The second-order valence-electron chi connectivity index (χ2n) is 8.14. The lowest BCUT2D eigenvalue weighted by Gasteiger charge is -2.31. The summed E-state index contributed by atoms with van der Waals surface area (Å²) in [6, 6.07) is 5.39. The van der Waals surface area contributed by atoms with E-state index in [4.69, 9.17) is 9.47 Å². The number of piperidine rings is 1. The maximum atomic E-state index is 12.8. The Morgan fingerprint density at radius 3 is 2.58 bits per heavy atom. The lowest BCUT2D eigenvalue weighted by atomic mass is 9.99. The van der Waals surface area contributed by atoms with E-state index in [1.165, 1.54) is 0 Å². The molecule has 0 bridgehead atoms. The standard InChI is InChI=1S/C23H30N2O5S/c1-5-29-19-12-17(6-7-18(19)30-15(2)3)13-20-22(27)25(23(28)31-20)14-21(26)24-10-8-16(4)9-11-24/h6-7,12-13,15-16H,5,8-11,14H2,1-4H3/b20-13+. The molecule has 0 saturated carbocycles. The van der Waals surface area contributed by atoms with Crippen LogP contribution in [0.15, 0.2) is 23.1 Å². The van der Waals surface area contributed by atoms with Crippen LogP contribution in [0, 0.1) is 5.92 Å². The molecule has 0 atom stereocenters. The number of hydrogen-bond donors (Lipinski definition) is 0. The molecular weight excluding hydrogens is 416 g/mol. The monoisotopic (exact) mass is 446 g/mol. The van der Waals surface area contributed by atoms with E-state index in [0.717, 1.165) is 35.1 Å². The van der Waals surface area contributed by atoms with Crippen LogP contribution in [0.1, 0.15) is 46.1 Å². The van der Waals surface area contributed by atoms with E-state index in [0.29, 0.717) is 42.0 Å². The van der Waals surface area contributed by atoms with E-state index in [9.17, 15) is 14.4 Å². The summed E-state index contributed by atoms with van der Waals surface area (Å²) in [6.45, 7) is 9.55. The summed E-state index contributed by atoms with van der Waals surface area (Å²) in [5, 5.41) is -0.417. The van der Waals surface area contributed by atoms with Gasteiger partial charge in [-0.2, -0.15) is 0 Å². The van der Waals surface area contributed by atoms with Gasteiger partial charge < -0.3 is 14.4 Å². The fourth-order valence-corrected chi connectivity index (χ4v) is 4.35. The predicted molar refractivity (Wildman–Crippen MR) is 121 cm³/mol. The number of carbonyl (C=O) groups excluding carboxylic acids is 3. The maximum absolute atomic E-state index is 12.8. The fraction of sp³-hybridized carbons (Fsp3) is 0.522. The number of imide groups is 1. The van der Waals surface area contributed by atoms with Crippen molar-refractivity contribution in [3.05, 3.63) is 28.7 Å². The summed E-state index contributed by atoms with van der Waals surface area (Å²) in [7, 11) is 0. The molecule has 31 heavy (non-hydrogen) atoms. The van der Waals surface area contributed by atoms with Crippen LogP contribution in [-0.2, 0) is 9.59 Å². The second kappa shape index (κ2) is 10.2. The minimum Gasteiger partial charge on any atom is -0.490 e. The van der Waals surface area contributed by atoms with Crippen LogP contribution < -0.4 is 9.47 Å². The van der Waals surface area contributed by atoms with E-state index in [-0.39, 0.29) is 18.6 Å². The van der Waals surface area contributed by atoms with E-state index in [1.54, 1.807) is 23.1 Å². The van der Waals surface area contributed by atoms with Gasteiger partial charge in [0.15, 0.2) is 11.5 Å². The number of hydrogen-bond acceptors (Lipinski definition) is 6. The van der Waals surface area contributed by atoms with E-state index in [2.05, 4.69) is 6.92 Å². The first-order valence-corrected chi connectivity index (χ1v) is 11.6. The van der Waals surface area contributed by atoms with Gasteiger partial charge in [0, 0.05) is 13.1 Å². The SMILES string of the molecule is CCOc1cc(/C=C2/SC(=O)N(CC(=O)N3CCC(C)CC3)C2=O)ccc1OC(C)C. The molecule has 0 unspecified atom stereocenters. The van der Waals surface area contributed by atoms with Gasteiger partial charge in [-0.3, -0.25) is 19.3 Å². The number of benzene rings is 1. The van der Waals surface area contributed by atoms with Crippen LogP contribution >= 0.6 is 11.8 Å². The average Bonchev–Trinajstić information content (AvgIpc) is 2.97. The summed E-state index contributed by atoms with van der Waals surface area (Å²) in [5.74, 6) is 1.20. The van der Waals surface area contributed by atoms with Gasteiger partial charge in [-0.1, -0.05) is 13.0 Å². The highest BCUT2D eigenvalue weighted by Gasteiger charge is 2.37. The molecule has 3 rings (SSSR count). The number of nitrogens with zero attached hydrogens (tertiary/aromatic N) is 2. The molecule has 7 nitrogen and oxygen atoms in total. The lowest BCUT2D eigenvalue weighted by Crippen LogP contribution is -2.45. The Kier molecular flexibility index (Phi) is 7.64. The van der Waals surface area contributed by atoms with E-state index < -0.39 is 11.1 Å². The summed E-state index contributed by atoms with van der Waals surface area (Å²) < 4.78 is 11.4. The Balaban J connectivity index is 1.72. The molecule has 2 aliphatic heterocycles. The third kappa shape index (κ3) is 5.81. The zero-order valence-corrected chi connectivity index (χ0v) is 19.4. The molecule has 1 aromatic rings. The minimum absolute atomic E-state index is 0.00204. The summed E-state index contributed by atoms with van der Waals surface area (Å²) in [4.78, 5) is 40.9. The van der Waals surface area contributed by atoms with Crippen molar-refractivity contribution in [3.63, 3.8) is 0 Å². The Morgan fingerprint density at radius 1 is 1.23 bits per heavy atom. The second-order valence-corrected chi connectivity index (χ2v) is 9.13. The van der Waals surface area contributed by atoms with E-state index in [1.807, 2.05) is 26.8 Å². The molecule has 3 amide bonds. The largest absolute Gasteiger partial charge is 0.490 e. The highest BCUT2D eigenvalue weighted by Crippen LogP contribution is 2.35. The first-order chi connectivity index (χ1) is 14.8. The molecule has 8 heteroatoms. The number of rotatable bonds is 7. The molecule has 2 fully saturated rings. The molecule has 0 radical (unpaired) electrons. The summed E-state index contributed by atoms with van der Waals surface area (Å²) in [6.07, 6.45) is 3.56. The van der Waals surface area contributed by atoms with Crippen LogP contribution in [-0.4, -0.2) is 59.2 Å². The van der Waals surface area contributed by atoms with Gasteiger partial charge in [-0.05, 0) is 75.1 Å². The molecule has 2 aliphatic rings. The maximum Gasteiger partial charge on any atom is 0.294 e. The van der Waals surface area contributed by atoms with Gasteiger partial charge in [-0.25, -0.2) is 0 Å². The van der Waals surface area contributed by atoms with Crippen LogP contribution in [0.25, 0.3) is 6.08 Å². The molecule has 2 saturated heterocycles. The van der Waals surface area contributed by atoms with Gasteiger partial charge in [0.2, 0.25) is 5.91 Å². The number of amides is 3. The quantitative estimate of drug-likeness (QED) is 0.585. The first-order valence-electron chi connectivity index (χ1n) is 10.7. The summed E-state index contributed by atoms with van der Waals surface area (Å²) >= 11 is 0.855. The van der Waals surface area contributed by atoms with Crippen molar-refractivity contribution in [3.8, 4) is 11.5 Å². The van der Waals surface area contributed by atoms with Crippen molar-refractivity contribution in [1.29, 1.82) is 0 Å². The number of likely N-dealkylation sites (tertiary alicyclic amines) is 1. The van der Waals surface area contributed by atoms with Crippen molar-refractivity contribution in [2.24, 2.45) is 5.92 Å². The molecule has 0 N–H and O–H groups in total. The molecule has 168 valence electrons. The third-order valence-electron chi connectivity index (χ3n) is 5.23. The Hall–Kier alpha value is -2.48. The van der Waals surface area contributed by atoms with Crippen molar-refractivity contribution in [2.75, 3.05) is 26.2 Å². The molecule has 1 aromatic carbocycles. The van der Waals surface area contributed by atoms with Crippen molar-refractivity contribution < 1.29 is 23.9 Å². The van der Waals surface area contributed by atoms with Crippen LogP contribution in [0.4, 0.5) is 4.79 Å². The van der Waals surface area contributed by atoms with Crippen molar-refractivity contribution in [2.45, 2.75) is 46.6 Å². The zero-order valence-electron chi connectivity index (χ0n) is 18.6. The fourth-order valence-electron chi connectivity index (χ4n) is 3.51. The number of thioether (sulfide) groups is 1. The molecule has 2 heterocycles. The van der Waals surface area contributed by atoms with Crippen LogP contribution in [0.2, 0.25) is 0 Å². The third-order valence-corrected chi connectivity index (χ3v) is 6.14. The first kappa shape index (κ1) is 23.2. The van der Waals surface area contributed by atoms with Crippen molar-refractivity contribution >= 4 is 34.9 Å². The lowest BCUT2D eigenvalue weighted by molar-refractivity contribution is -0.136. The molecule has 0 aliphatic carbocycles. The normalized spacial score (nSPS) is 18.9. The van der Waals surface area contributed by atoms with E-state index >= 15 is 0 Å². The van der Waals surface area contributed by atoms with Crippen molar-refractivity contribution in [1.82, 2.24) is 9.80 Å². The van der Waals surface area contributed by atoms with Crippen LogP contribution in [0.3, 0.4) is 0 Å². The minimum atomic E-state index is -0.436. The Morgan fingerprint density at radius 2 is 1.94 bits per heavy atom. The molecular formula is C23H30N2O5S. The van der Waals surface area contributed by atoms with Gasteiger partial charge >= 0.3 is 0 Å². The van der Waals surface area contributed by atoms with Gasteiger partial charge in [0.1, 0.15) is 6.54 Å². The Bertz CT molecular complexity index is 875. The zero-order chi connectivity index (χ0) is 22.5. The average molecular weight is 447 g/mol. The molecule has 0 aromatic heterocycles. The van der Waals surface area contributed by atoms with Gasteiger partial charge in [0.05, 0.1) is 17.6 Å². The molecule has 0 spiro atoms. The van der Waals surface area contributed by atoms with Crippen LogP contribution in [0.5, 0.6) is 11.5 Å². The topological polar surface area (TPSA) is 76.2 Å². The highest BCUT2D eigenvalue weighted by molar-refractivity contribution is 8.18. The smallest absolute Gasteiger partial charge is 0.294 e. The summed E-state index contributed by atoms with van der Waals surface area (Å²) in [5.41, 5.74) is 0.724. The Labute approximate surface area is 187 Å².